The normalized spacial score (nSPS) is 25.6. The van der Waals surface area contributed by atoms with Crippen LogP contribution in [0.25, 0.3) is 0 Å². The molecule has 5 heteroatoms. The van der Waals surface area contributed by atoms with Crippen LogP contribution in [0, 0.1) is 5.92 Å². The number of primary amides is 1. The average molecular weight is 222 g/mol. The molecule has 1 aromatic heterocycles. The number of nitrogen functional groups attached to an aromatic ring is 1. The number of aromatic nitrogens is 2. The van der Waals surface area contributed by atoms with Gasteiger partial charge in [0.2, 0.25) is 0 Å². The minimum absolute atomic E-state index is 0.241. The van der Waals surface area contributed by atoms with E-state index in [2.05, 4.69) is 12.0 Å². The van der Waals surface area contributed by atoms with E-state index < -0.39 is 5.91 Å². The van der Waals surface area contributed by atoms with E-state index in [-0.39, 0.29) is 5.82 Å². The molecule has 0 unspecified atom stereocenters. The Kier molecular flexibility index (Phi) is 2.85. The third-order valence-corrected chi connectivity index (χ3v) is 3.43. The van der Waals surface area contributed by atoms with Crippen molar-refractivity contribution in [3.05, 3.63) is 11.8 Å². The summed E-state index contributed by atoms with van der Waals surface area (Å²) in [6.45, 7) is 2.21. The first kappa shape index (κ1) is 11.0. The highest BCUT2D eigenvalue weighted by Crippen LogP contribution is 2.33. The lowest BCUT2D eigenvalue weighted by molar-refractivity contribution is 0.100. The third-order valence-electron chi connectivity index (χ3n) is 3.43. The van der Waals surface area contributed by atoms with Gasteiger partial charge in [0.15, 0.2) is 5.82 Å². The summed E-state index contributed by atoms with van der Waals surface area (Å²) < 4.78 is 1.82. The van der Waals surface area contributed by atoms with Crippen molar-refractivity contribution in [1.82, 2.24) is 9.78 Å². The second kappa shape index (κ2) is 4.15. The molecule has 0 aliphatic heterocycles. The molecule has 0 radical (unpaired) electrons. The average Bonchev–Trinajstić information content (AvgIpc) is 2.61. The maximum absolute atomic E-state index is 11.1. The second-order valence-electron chi connectivity index (χ2n) is 4.60. The van der Waals surface area contributed by atoms with E-state index in [1.807, 2.05) is 4.68 Å². The predicted molar refractivity (Wildman–Crippen MR) is 61.8 cm³/mol. The van der Waals surface area contributed by atoms with Gasteiger partial charge >= 0.3 is 0 Å². The molecular formula is C11H18N4O. The number of carbonyl (C=O) groups excluding carboxylic acids is 1. The number of anilines is 1. The van der Waals surface area contributed by atoms with E-state index in [4.69, 9.17) is 11.5 Å². The van der Waals surface area contributed by atoms with E-state index in [1.165, 1.54) is 19.3 Å². The summed E-state index contributed by atoms with van der Waals surface area (Å²) in [5.74, 6) is 0.311. The highest BCUT2D eigenvalue weighted by Gasteiger charge is 2.25. The number of hydrogen-bond acceptors (Lipinski definition) is 3. The Morgan fingerprint density at radius 3 is 2.75 bits per heavy atom. The van der Waals surface area contributed by atoms with Gasteiger partial charge in [-0.25, -0.2) is 0 Å². The largest absolute Gasteiger partial charge is 0.382 e. The molecule has 1 saturated carbocycles. The van der Waals surface area contributed by atoms with Crippen LogP contribution in [0.1, 0.15) is 49.0 Å². The molecule has 1 aliphatic carbocycles. The second-order valence-corrected chi connectivity index (χ2v) is 4.60. The third kappa shape index (κ3) is 1.89. The molecule has 1 aromatic rings. The lowest BCUT2D eigenvalue weighted by Crippen LogP contribution is -2.21. The molecule has 0 bridgehead atoms. The first-order valence-corrected chi connectivity index (χ1v) is 5.74. The summed E-state index contributed by atoms with van der Waals surface area (Å²) in [6.07, 6.45) is 6.47. The van der Waals surface area contributed by atoms with Gasteiger partial charge in [-0.3, -0.25) is 9.48 Å². The fourth-order valence-corrected chi connectivity index (χ4v) is 2.45. The van der Waals surface area contributed by atoms with Crippen LogP contribution < -0.4 is 11.5 Å². The minimum atomic E-state index is -0.507. The molecule has 1 aliphatic rings. The number of nitrogens with zero attached hydrogens (tertiary/aromatic N) is 2. The highest BCUT2D eigenvalue weighted by atomic mass is 16.1. The first-order valence-electron chi connectivity index (χ1n) is 5.74. The first-order chi connectivity index (χ1) is 7.59. The molecule has 1 heterocycles. The molecule has 1 fully saturated rings. The van der Waals surface area contributed by atoms with Crippen molar-refractivity contribution >= 4 is 11.7 Å². The Hall–Kier alpha value is -1.52. The van der Waals surface area contributed by atoms with Crippen molar-refractivity contribution in [2.24, 2.45) is 11.7 Å². The molecule has 4 N–H and O–H groups in total. The Labute approximate surface area is 94.8 Å². The van der Waals surface area contributed by atoms with Crippen LogP contribution in [-0.2, 0) is 0 Å². The predicted octanol–water partition coefficient (Wildman–Crippen LogP) is 1.32. The van der Waals surface area contributed by atoms with Crippen LogP contribution >= 0.6 is 0 Å². The summed E-state index contributed by atoms with van der Waals surface area (Å²) in [5, 5.41) is 4.20. The van der Waals surface area contributed by atoms with Crippen LogP contribution in [0.4, 0.5) is 5.82 Å². The number of amides is 1. The monoisotopic (exact) mass is 222 g/mol. The van der Waals surface area contributed by atoms with Gasteiger partial charge in [0, 0.05) is 6.20 Å². The fourth-order valence-electron chi connectivity index (χ4n) is 2.45. The molecule has 16 heavy (non-hydrogen) atoms. The van der Waals surface area contributed by atoms with E-state index >= 15 is 0 Å². The molecule has 2 atom stereocenters. The summed E-state index contributed by atoms with van der Waals surface area (Å²) in [4.78, 5) is 11.1. The van der Waals surface area contributed by atoms with Gasteiger partial charge in [0.25, 0.3) is 5.91 Å². The van der Waals surface area contributed by atoms with Gasteiger partial charge < -0.3 is 11.5 Å². The highest BCUT2D eigenvalue weighted by molar-refractivity contribution is 5.96. The van der Waals surface area contributed by atoms with Crippen molar-refractivity contribution in [3.8, 4) is 0 Å². The number of rotatable bonds is 2. The summed E-state index contributed by atoms with van der Waals surface area (Å²) in [5.41, 5.74) is 11.2. The quantitative estimate of drug-likeness (QED) is 0.791. The zero-order valence-corrected chi connectivity index (χ0v) is 9.52. The molecular weight excluding hydrogens is 204 g/mol. The standard InChI is InChI=1S/C11H18N4O/c1-7-4-2-3-5-9(7)15-6-8(11(13)16)10(12)14-15/h6-7,9H,2-5H2,1H3,(H2,12,14)(H2,13,16)/t7-,9-/m0/s1. The SMILES string of the molecule is C[C@H]1CCCC[C@@H]1n1cc(C(N)=O)c(N)n1. The maximum atomic E-state index is 11.1. The van der Waals surface area contributed by atoms with Crippen molar-refractivity contribution in [2.75, 3.05) is 5.73 Å². The number of hydrogen-bond donors (Lipinski definition) is 2. The van der Waals surface area contributed by atoms with Crippen LogP contribution in [0.5, 0.6) is 0 Å². The van der Waals surface area contributed by atoms with Crippen LogP contribution in [-0.4, -0.2) is 15.7 Å². The van der Waals surface area contributed by atoms with E-state index in [0.717, 1.165) is 6.42 Å². The number of nitrogens with two attached hydrogens (primary N) is 2. The van der Waals surface area contributed by atoms with Crippen molar-refractivity contribution in [1.29, 1.82) is 0 Å². The molecule has 2 rings (SSSR count). The van der Waals surface area contributed by atoms with Crippen molar-refractivity contribution in [2.45, 2.75) is 38.6 Å². The van der Waals surface area contributed by atoms with Gasteiger partial charge in [-0.1, -0.05) is 19.8 Å². The van der Waals surface area contributed by atoms with Gasteiger partial charge in [-0.15, -0.1) is 0 Å². The van der Waals surface area contributed by atoms with Gasteiger partial charge in [0.1, 0.15) is 5.56 Å². The minimum Gasteiger partial charge on any atom is -0.382 e. The van der Waals surface area contributed by atoms with Crippen molar-refractivity contribution < 1.29 is 4.79 Å². The van der Waals surface area contributed by atoms with Crippen molar-refractivity contribution in [3.63, 3.8) is 0 Å². The molecule has 88 valence electrons. The summed E-state index contributed by atoms with van der Waals surface area (Å²) in [6, 6.07) is 0.351. The maximum Gasteiger partial charge on any atom is 0.254 e. The molecule has 0 saturated heterocycles. The van der Waals surface area contributed by atoms with Crippen LogP contribution in [0.3, 0.4) is 0 Å². The van der Waals surface area contributed by atoms with Gasteiger partial charge in [0.05, 0.1) is 6.04 Å². The van der Waals surface area contributed by atoms with Crippen LogP contribution in [0.15, 0.2) is 6.20 Å². The Bertz CT molecular complexity index is 399. The van der Waals surface area contributed by atoms with E-state index in [0.29, 0.717) is 17.5 Å². The van der Waals surface area contributed by atoms with Gasteiger partial charge in [-0.2, -0.15) is 5.10 Å². The van der Waals surface area contributed by atoms with E-state index in [1.54, 1.807) is 6.20 Å². The van der Waals surface area contributed by atoms with E-state index in [9.17, 15) is 4.79 Å². The molecule has 0 spiro atoms. The smallest absolute Gasteiger partial charge is 0.254 e. The Balaban J connectivity index is 2.26. The zero-order valence-electron chi connectivity index (χ0n) is 9.52. The molecule has 0 aromatic carbocycles. The fraction of sp³-hybridized carbons (Fsp3) is 0.636. The summed E-state index contributed by atoms with van der Waals surface area (Å²) in [7, 11) is 0. The molecule has 1 amide bonds. The van der Waals surface area contributed by atoms with Gasteiger partial charge in [-0.05, 0) is 18.8 Å². The van der Waals surface area contributed by atoms with Crippen LogP contribution in [0.2, 0.25) is 0 Å². The lowest BCUT2D eigenvalue weighted by atomic mass is 9.86. The topological polar surface area (TPSA) is 86.9 Å². The Morgan fingerprint density at radius 1 is 1.50 bits per heavy atom. The summed E-state index contributed by atoms with van der Waals surface area (Å²) >= 11 is 0. The Morgan fingerprint density at radius 2 is 2.19 bits per heavy atom. The zero-order chi connectivity index (χ0) is 11.7. The number of carbonyl (C=O) groups is 1. The lowest BCUT2D eigenvalue weighted by Gasteiger charge is -2.28. The molecule has 5 nitrogen and oxygen atoms in total.